The van der Waals surface area contributed by atoms with Crippen LogP contribution in [0.15, 0.2) is 28.7 Å². The molecule has 106 valence electrons. The highest BCUT2D eigenvalue weighted by Crippen LogP contribution is 2.34. The van der Waals surface area contributed by atoms with Gasteiger partial charge in [0, 0.05) is 36.7 Å². The molecule has 0 amide bonds. The number of halogens is 1. The van der Waals surface area contributed by atoms with Gasteiger partial charge in [0.25, 0.3) is 0 Å². The smallest absolute Gasteiger partial charge is 0.0587 e. The van der Waals surface area contributed by atoms with Crippen molar-refractivity contribution in [1.29, 1.82) is 0 Å². The summed E-state index contributed by atoms with van der Waals surface area (Å²) in [5.41, 5.74) is 1.58. The van der Waals surface area contributed by atoms with Crippen LogP contribution in [0.2, 0.25) is 0 Å². The normalized spacial score (nSPS) is 22.8. The van der Waals surface area contributed by atoms with Crippen molar-refractivity contribution in [3.8, 4) is 0 Å². The van der Waals surface area contributed by atoms with Crippen LogP contribution >= 0.6 is 15.9 Å². The summed E-state index contributed by atoms with van der Waals surface area (Å²) in [6, 6.07) is 8.46. The summed E-state index contributed by atoms with van der Waals surface area (Å²) in [6.07, 6.45) is 2.17. The van der Waals surface area contributed by atoms with Gasteiger partial charge in [-0.2, -0.15) is 0 Å². The summed E-state index contributed by atoms with van der Waals surface area (Å²) in [5, 5.41) is 3.49. The minimum absolute atomic E-state index is 0.220. The molecule has 0 bridgehead atoms. The molecule has 0 aliphatic carbocycles. The van der Waals surface area contributed by atoms with Crippen molar-refractivity contribution in [2.24, 2.45) is 5.41 Å². The second kappa shape index (κ2) is 7.39. The fraction of sp³-hybridized carbons (Fsp3) is 0.600. The zero-order valence-electron chi connectivity index (χ0n) is 11.5. The molecule has 1 aliphatic rings. The quantitative estimate of drug-likeness (QED) is 0.781. The van der Waals surface area contributed by atoms with Crippen LogP contribution in [0.3, 0.4) is 0 Å². The molecule has 1 fully saturated rings. The third-order valence-electron chi connectivity index (χ3n) is 3.69. The number of ether oxygens (including phenoxy) is 2. The largest absolute Gasteiger partial charge is 0.383 e. The average molecular weight is 328 g/mol. The Morgan fingerprint density at radius 2 is 2.26 bits per heavy atom. The Bertz CT molecular complexity index is 391. The van der Waals surface area contributed by atoms with E-state index in [1.165, 1.54) is 10.0 Å². The first kappa shape index (κ1) is 15.0. The molecule has 1 saturated heterocycles. The lowest BCUT2D eigenvalue weighted by Gasteiger charge is -2.28. The lowest BCUT2D eigenvalue weighted by Crippen LogP contribution is -2.38. The van der Waals surface area contributed by atoms with Crippen LogP contribution < -0.4 is 5.32 Å². The van der Waals surface area contributed by atoms with E-state index in [0.29, 0.717) is 0 Å². The molecule has 0 spiro atoms. The van der Waals surface area contributed by atoms with Crippen LogP contribution in [-0.2, 0) is 15.9 Å². The number of benzene rings is 1. The van der Waals surface area contributed by atoms with Gasteiger partial charge in [0.15, 0.2) is 0 Å². The number of hydrogen-bond donors (Lipinski definition) is 1. The zero-order chi connectivity index (χ0) is 13.6. The average Bonchev–Trinajstić information content (AvgIpc) is 2.87. The predicted octanol–water partition coefficient (Wildman–Crippen LogP) is 2.63. The summed E-state index contributed by atoms with van der Waals surface area (Å²) in [7, 11) is 1.73. The topological polar surface area (TPSA) is 30.5 Å². The van der Waals surface area contributed by atoms with Gasteiger partial charge >= 0.3 is 0 Å². The Hall–Kier alpha value is -0.420. The fourth-order valence-corrected chi connectivity index (χ4v) is 2.99. The summed E-state index contributed by atoms with van der Waals surface area (Å²) >= 11 is 3.64. The maximum Gasteiger partial charge on any atom is 0.0587 e. The maximum absolute atomic E-state index is 5.64. The Balaban J connectivity index is 1.97. The molecule has 3 nitrogen and oxygen atoms in total. The molecule has 1 unspecified atom stereocenters. The minimum Gasteiger partial charge on any atom is -0.383 e. The van der Waals surface area contributed by atoms with E-state index in [1.807, 2.05) is 0 Å². The first-order valence-corrected chi connectivity index (χ1v) is 7.56. The van der Waals surface area contributed by atoms with Gasteiger partial charge in [-0.15, -0.1) is 0 Å². The van der Waals surface area contributed by atoms with Crippen molar-refractivity contribution in [3.05, 3.63) is 34.3 Å². The van der Waals surface area contributed by atoms with E-state index in [0.717, 1.165) is 45.8 Å². The Morgan fingerprint density at radius 1 is 1.42 bits per heavy atom. The van der Waals surface area contributed by atoms with E-state index in [9.17, 15) is 0 Å². The molecule has 19 heavy (non-hydrogen) atoms. The summed E-state index contributed by atoms with van der Waals surface area (Å²) < 4.78 is 11.9. The van der Waals surface area contributed by atoms with E-state index in [2.05, 4.69) is 45.5 Å². The van der Waals surface area contributed by atoms with Gasteiger partial charge in [0.05, 0.1) is 13.2 Å². The molecule has 0 aromatic heterocycles. The number of hydrogen-bond acceptors (Lipinski definition) is 3. The molecule has 4 heteroatoms. The molecular formula is C15H22BrNO2. The van der Waals surface area contributed by atoms with Crippen LogP contribution in [0.25, 0.3) is 0 Å². The van der Waals surface area contributed by atoms with E-state index in [1.54, 1.807) is 7.11 Å². The molecule has 1 atom stereocenters. The molecule has 0 saturated carbocycles. The highest BCUT2D eigenvalue weighted by atomic mass is 79.9. The van der Waals surface area contributed by atoms with E-state index in [-0.39, 0.29) is 5.41 Å². The van der Waals surface area contributed by atoms with Crippen molar-refractivity contribution in [2.75, 3.05) is 40.0 Å². The van der Waals surface area contributed by atoms with Crippen LogP contribution in [0, 0.1) is 5.41 Å². The van der Waals surface area contributed by atoms with Gasteiger partial charge in [-0.05, 0) is 24.5 Å². The molecule has 1 aliphatic heterocycles. The Morgan fingerprint density at radius 3 is 2.95 bits per heavy atom. The molecular weight excluding hydrogens is 306 g/mol. The van der Waals surface area contributed by atoms with Gasteiger partial charge in [-0.3, -0.25) is 0 Å². The second-order valence-electron chi connectivity index (χ2n) is 5.24. The van der Waals surface area contributed by atoms with E-state index in [4.69, 9.17) is 9.47 Å². The highest BCUT2D eigenvalue weighted by molar-refractivity contribution is 9.10. The molecule has 1 heterocycles. The Kier molecular flexibility index (Phi) is 5.82. The van der Waals surface area contributed by atoms with Gasteiger partial charge < -0.3 is 14.8 Å². The number of nitrogens with one attached hydrogen (secondary N) is 1. The van der Waals surface area contributed by atoms with Gasteiger partial charge in [0.2, 0.25) is 0 Å². The van der Waals surface area contributed by atoms with Crippen molar-refractivity contribution < 1.29 is 9.47 Å². The first-order valence-electron chi connectivity index (χ1n) is 6.77. The summed E-state index contributed by atoms with van der Waals surface area (Å²) in [5.74, 6) is 0. The van der Waals surface area contributed by atoms with Crippen molar-refractivity contribution in [3.63, 3.8) is 0 Å². The monoisotopic (exact) mass is 327 g/mol. The lowest BCUT2D eigenvalue weighted by molar-refractivity contribution is 0.145. The standard InChI is InChI=1S/C15H22BrNO2/c1-18-9-7-17-11-15(6-8-19-12-15)10-13-4-2-3-5-14(13)16/h2-5,17H,6-12H2,1H3. The summed E-state index contributed by atoms with van der Waals surface area (Å²) in [4.78, 5) is 0. The number of methoxy groups -OCH3 is 1. The predicted molar refractivity (Wildman–Crippen MR) is 80.5 cm³/mol. The maximum atomic E-state index is 5.64. The molecule has 0 radical (unpaired) electrons. The van der Waals surface area contributed by atoms with E-state index >= 15 is 0 Å². The van der Waals surface area contributed by atoms with Crippen molar-refractivity contribution >= 4 is 15.9 Å². The van der Waals surface area contributed by atoms with Gasteiger partial charge in [-0.1, -0.05) is 34.1 Å². The Labute approximate surface area is 123 Å². The molecule has 1 aromatic rings. The van der Waals surface area contributed by atoms with E-state index < -0.39 is 0 Å². The van der Waals surface area contributed by atoms with Crippen molar-refractivity contribution in [1.82, 2.24) is 5.32 Å². The van der Waals surface area contributed by atoms with Crippen LogP contribution in [0.4, 0.5) is 0 Å². The first-order chi connectivity index (χ1) is 9.26. The minimum atomic E-state index is 0.220. The highest BCUT2D eigenvalue weighted by Gasteiger charge is 2.35. The van der Waals surface area contributed by atoms with Crippen LogP contribution in [0.5, 0.6) is 0 Å². The lowest BCUT2D eigenvalue weighted by atomic mass is 9.81. The SMILES string of the molecule is COCCNCC1(Cc2ccccc2Br)CCOC1. The second-order valence-corrected chi connectivity index (χ2v) is 6.09. The van der Waals surface area contributed by atoms with Crippen LogP contribution in [0.1, 0.15) is 12.0 Å². The molecule has 1 N–H and O–H groups in total. The molecule has 2 rings (SSSR count). The number of rotatable bonds is 7. The fourth-order valence-electron chi connectivity index (χ4n) is 2.56. The summed E-state index contributed by atoms with van der Waals surface area (Å²) in [6.45, 7) is 4.35. The van der Waals surface area contributed by atoms with Crippen molar-refractivity contribution in [2.45, 2.75) is 12.8 Å². The van der Waals surface area contributed by atoms with Crippen LogP contribution in [-0.4, -0.2) is 40.0 Å². The molecule has 1 aromatic carbocycles. The third-order valence-corrected chi connectivity index (χ3v) is 4.46. The van der Waals surface area contributed by atoms with Gasteiger partial charge in [0.1, 0.15) is 0 Å². The zero-order valence-corrected chi connectivity index (χ0v) is 13.0. The van der Waals surface area contributed by atoms with Gasteiger partial charge in [-0.25, -0.2) is 0 Å². The third kappa shape index (κ3) is 4.28.